The second-order valence-corrected chi connectivity index (χ2v) is 7.45. The number of hydrogen-bond donors (Lipinski definition) is 1. The minimum absolute atomic E-state index is 0.212. The van der Waals surface area contributed by atoms with Crippen molar-refractivity contribution in [2.75, 3.05) is 19.1 Å². The van der Waals surface area contributed by atoms with Crippen LogP contribution in [-0.4, -0.2) is 47.4 Å². The molecule has 108 valence electrons. The van der Waals surface area contributed by atoms with Crippen LogP contribution in [-0.2, 0) is 9.53 Å². The fourth-order valence-corrected chi connectivity index (χ4v) is 3.93. The topological polar surface area (TPSA) is 64.1 Å². The summed E-state index contributed by atoms with van der Waals surface area (Å²) in [6.45, 7) is 4.02. The van der Waals surface area contributed by atoms with Gasteiger partial charge >= 0.3 is 5.97 Å². The predicted molar refractivity (Wildman–Crippen MR) is 81.1 cm³/mol. The summed E-state index contributed by atoms with van der Waals surface area (Å²) in [7, 11) is 1.42. The van der Waals surface area contributed by atoms with Gasteiger partial charge < -0.3 is 10.1 Å². The fraction of sp³-hybridized carbons (Fsp3) is 0.727. The summed E-state index contributed by atoms with van der Waals surface area (Å²) in [5.41, 5.74) is 0. The number of hydrogen-bond acceptors (Lipinski definition) is 8. The van der Waals surface area contributed by atoms with Gasteiger partial charge in [0, 0.05) is 11.8 Å². The highest BCUT2D eigenvalue weighted by Gasteiger charge is 2.19. The summed E-state index contributed by atoms with van der Waals surface area (Å²) in [6, 6.07) is -0.0100. The molecule has 1 atom stereocenters. The van der Waals surface area contributed by atoms with Crippen LogP contribution in [0.4, 0.5) is 0 Å². The monoisotopic (exact) mass is 321 g/mol. The van der Waals surface area contributed by atoms with E-state index in [-0.39, 0.29) is 18.1 Å². The van der Waals surface area contributed by atoms with Gasteiger partial charge in [0.25, 0.3) is 0 Å². The van der Waals surface area contributed by atoms with E-state index in [1.807, 2.05) is 20.1 Å². The maximum atomic E-state index is 11.6. The summed E-state index contributed by atoms with van der Waals surface area (Å²) >= 11 is 4.79. The third-order valence-electron chi connectivity index (χ3n) is 2.21. The largest absolute Gasteiger partial charge is 0.468 e. The van der Waals surface area contributed by atoms with E-state index in [2.05, 4.69) is 15.5 Å². The van der Waals surface area contributed by atoms with Crippen molar-refractivity contribution in [3.8, 4) is 0 Å². The number of thioether (sulfide) groups is 2. The number of carbonyl (C=O) groups is 1. The van der Waals surface area contributed by atoms with Crippen molar-refractivity contribution in [3.05, 3.63) is 0 Å². The van der Waals surface area contributed by atoms with E-state index in [1.165, 1.54) is 7.11 Å². The molecule has 5 nitrogen and oxygen atoms in total. The standard InChI is InChI=1S/C11H19N3O2S3/c1-7(2)12-8(9(15)16-3)5-6-18-11-14-13-10(17-4)19-11/h7-8,12H,5-6H2,1-4H3. The van der Waals surface area contributed by atoms with E-state index in [4.69, 9.17) is 4.74 Å². The first-order valence-corrected chi connectivity index (χ1v) is 8.93. The third kappa shape index (κ3) is 6.11. The van der Waals surface area contributed by atoms with Gasteiger partial charge in [0.15, 0.2) is 8.68 Å². The molecule has 1 N–H and O–H groups in total. The Morgan fingerprint density at radius 1 is 1.42 bits per heavy atom. The van der Waals surface area contributed by atoms with Crippen LogP contribution in [0.5, 0.6) is 0 Å². The normalized spacial score (nSPS) is 12.7. The number of aromatic nitrogens is 2. The Kier molecular flexibility index (Phi) is 7.74. The lowest BCUT2D eigenvalue weighted by atomic mass is 10.2. The fourth-order valence-electron chi connectivity index (χ4n) is 1.42. The second kappa shape index (κ2) is 8.78. The Hall–Kier alpha value is -0.310. The van der Waals surface area contributed by atoms with Gasteiger partial charge in [0.1, 0.15) is 6.04 Å². The molecule has 0 aromatic carbocycles. The summed E-state index contributed by atoms with van der Waals surface area (Å²) in [5.74, 6) is 0.596. The highest BCUT2D eigenvalue weighted by atomic mass is 32.2. The van der Waals surface area contributed by atoms with Crippen molar-refractivity contribution in [3.63, 3.8) is 0 Å². The molecule has 0 bridgehead atoms. The molecule has 1 heterocycles. The van der Waals surface area contributed by atoms with Crippen LogP contribution in [0, 0.1) is 0 Å². The Morgan fingerprint density at radius 3 is 2.63 bits per heavy atom. The zero-order chi connectivity index (χ0) is 14.3. The molecule has 1 unspecified atom stereocenters. The van der Waals surface area contributed by atoms with E-state index in [0.717, 1.165) is 14.4 Å². The number of nitrogens with zero attached hydrogens (tertiary/aromatic N) is 2. The first-order chi connectivity index (χ1) is 9.06. The van der Waals surface area contributed by atoms with Gasteiger partial charge in [-0.15, -0.1) is 10.2 Å². The summed E-state index contributed by atoms with van der Waals surface area (Å²) in [4.78, 5) is 11.6. The molecule has 0 saturated heterocycles. The number of methoxy groups -OCH3 is 1. The van der Waals surface area contributed by atoms with E-state index < -0.39 is 0 Å². The van der Waals surface area contributed by atoms with E-state index in [1.54, 1.807) is 34.9 Å². The molecule has 0 spiro atoms. The zero-order valence-corrected chi connectivity index (χ0v) is 14.0. The van der Waals surface area contributed by atoms with Gasteiger partial charge in [-0.1, -0.05) is 48.7 Å². The lowest BCUT2D eigenvalue weighted by Gasteiger charge is -2.18. The van der Waals surface area contributed by atoms with Crippen LogP contribution in [0.25, 0.3) is 0 Å². The SMILES string of the molecule is COC(=O)C(CCSc1nnc(SC)s1)NC(C)C. The van der Waals surface area contributed by atoms with Gasteiger partial charge in [0.2, 0.25) is 0 Å². The molecule has 0 aliphatic heterocycles. The lowest BCUT2D eigenvalue weighted by Crippen LogP contribution is -2.41. The Morgan fingerprint density at radius 2 is 2.11 bits per heavy atom. The number of carbonyl (C=O) groups excluding carboxylic acids is 1. The van der Waals surface area contributed by atoms with Gasteiger partial charge in [-0.05, 0) is 12.7 Å². The molecule has 1 aromatic rings. The Bertz CT molecular complexity index is 398. The smallest absolute Gasteiger partial charge is 0.322 e. The van der Waals surface area contributed by atoms with Crippen LogP contribution in [0.1, 0.15) is 20.3 Å². The van der Waals surface area contributed by atoms with Crippen molar-refractivity contribution in [2.45, 2.75) is 41.0 Å². The van der Waals surface area contributed by atoms with Gasteiger partial charge in [-0.3, -0.25) is 4.79 Å². The summed E-state index contributed by atoms with van der Waals surface area (Å²) in [6.07, 6.45) is 2.69. The van der Waals surface area contributed by atoms with Crippen LogP contribution in [0.3, 0.4) is 0 Å². The van der Waals surface area contributed by atoms with Crippen LogP contribution >= 0.6 is 34.9 Å². The van der Waals surface area contributed by atoms with Crippen molar-refractivity contribution >= 4 is 40.8 Å². The molecule has 0 saturated carbocycles. The first kappa shape index (κ1) is 16.7. The molecular weight excluding hydrogens is 302 g/mol. The first-order valence-electron chi connectivity index (χ1n) is 5.91. The van der Waals surface area contributed by atoms with Crippen molar-refractivity contribution < 1.29 is 9.53 Å². The van der Waals surface area contributed by atoms with Crippen LogP contribution < -0.4 is 5.32 Å². The van der Waals surface area contributed by atoms with Crippen LogP contribution in [0.2, 0.25) is 0 Å². The molecule has 8 heteroatoms. The summed E-state index contributed by atoms with van der Waals surface area (Å²) in [5, 5.41) is 11.3. The maximum absolute atomic E-state index is 11.6. The minimum atomic E-state index is -0.259. The highest BCUT2D eigenvalue weighted by Crippen LogP contribution is 2.27. The van der Waals surface area contributed by atoms with E-state index in [0.29, 0.717) is 6.42 Å². The molecule has 0 aliphatic carbocycles. The van der Waals surface area contributed by atoms with Crippen molar-refractivity contribution in [1.82, 2.24) is 15.5 Å². The quantitative estimate of drug-likeness (QED) is 0.582. The maximum Gasteiger partial charge on any atom is 0.322 e. The second-order valence-electron chi connectivity index (χ2n) is 4.07. The molecule has 0 amide bonds. The average Bonchev–Trinajstić information content (AvgIpc) is 2.84. The third-order valence-corrected chi connectivity index (χ3v) is 5.28. The Labute approximate surface area is 126 Å². The molecular formula is C11H19N3O2S3. The van der Waals surface area contributed by atoms with Crippen molar-refractivity contribution in [1.29, 1.82) is 0 Å². The number of esters is 1. The van der Waals surface area contributed by atoms with Gasteiger partial charge in [-0.25, -0.2) is 0 Å². The zero-order valence-electron chi connectivity index (χ0n) is 11.5. The number of rotatable bonds is 8. The molecule has 0 aliphatic rings. The molecule has 0 fully saturated rings. The predicted octanol–water partition coefficient (Wildman–Crippen LogP) is 2.28. The Balaban J connectivity index is 2.40. The number of nitrogens with one attached hydrogen (secondary N) is 1. The summed E-state index contributed by atoms with van der Waals surface area (Å²) < 4.78 is 6.71. The molecule has 1 rings (SSSR count). The average molecular weight is 321 g/mol. The van der Waals surface area contributed by atoms with Gasteiger partial charge in [-0.2, -0.15) is 0 Å². The minimum Gasteiger partial charge on any atom is -0.468 e. The highest BCUT2D eigenvalue weighted by molar-refractivity contribution is 8.02. The number of ether oxygens (including phenoxy) is 1. The van der Waals surface area contributed by atoms with Gasteiger partial charge in [0.05, 0.1) is 7.11 Å². The van der Waals surface area contributed by atoms with E-state index in [9.17, 15) is 4.79 Å². The molecule has 0 radical (unpaired) electrons. The molecule has 19 heavy (non-hydrogen) atoms. The van der Waals surface area contributed by atoms with E-state index >= 15 is 0 Å². The molecule has 1 aromatic heterocycles. The van der Waals surface area contributed by atoms with Crippen molar-refractivity contribution in [2.24, 2.45) is 0 Å². The van der Waals surface area contributed by atoms with Crippen LogP contribution in [0.15, 0.2) is 8.68 Å². The lowest BCUT2D eigenvalue weighted by molar-refractivity contribution is -0.143.